The summed E-state index contributed by atoms with van der Waals surface area (Å²) in [6.07, 6.45) is 4.46. The number of carbonyl (C=O) groups is 1. The average molecular weight is 432 g/mol. The predicted octanol–water partition coefficient (Wildman–Crippen LogP) is 3.30. The highest BCUT2D eigenvalue weighted by molar-refractivity contribution is 6.30. The monoisotopic (exact) mass is 431 g/mol. The van der Waals surface area contributed by atoms with Crippen LogP contribution in [0.2, 0.25) is 5.02 Å². The fourth-order valence-electron chi connectivity index (χ4n) is 4.39. The Hall–Kier alpha value is -1.96. The molecule has 7 nitrogen and oxygen atoms in total. The summed E-state index contributed by atoms with van der Waals surface area (Å²) in [7, 11) is 0. The minimum atomic E-state index is 0.0723. The molecule has 4 rings (SSSR count). The molecule has 3 heterocycles. The molecule has 0 aliphatic carbocycles. The first-order chi connectivity index (χ1) is 14.6. The van der Waals surface area contributed by atoms with Gasteiger partial charge < -0.3 is 9.42 Å². The Morgan fingerprint density at radius 2 is 1.90 bits per heavy atom. The van der Waals surface area contributed by atoms with Gasteiger partial charge in [0, 0.05) is 36.8 Å². The lowest BCUT2D eigenvalue weighted by Crippen LogP contribution is -2.56. The second kappa shape index (κ2) is 9.90. The molecule has 2 saturated heterocycles. The summed E-state index contributed by atoms with van der Waals surface area (Å²) in [5, 5.41) is 4.77. The summed E-state index contributed by atoms with van der Waals surface area (Å²) in [6, 6.07) is 7.47. The number of aromatic nitrogens is 2. The van der Waals surface area contributed by atoms with E-state index in [1.807, 2.05) is 29.2 Å². The maximum atomic E-state index is 13.1. The molecule has 1 aromatic heterocycles. The van der Waals surface area contributed by atoms with Gasteiger partial charge in [0.2, 0.25) is 17.6 Å². The highest BCUT2D eigenvalue weighted by Gasteiger charge is 2.33. The molecular formula is C22H30ClN5O2. The van der Waals surface area contributed by atoms with Crippen LogP contribution in [0.15, 0.2) is 28.8 Å². The van der Waals surface area contributed by atoms with E-state index in [-0.39, 0.29) is 6.04 Å². The van der Waals surface area contributed by atoms with Crippen LogP contribution in [0.1, 0.15) is 38.5 Å². The van der Waals surface area contributed by atoms with E-state index >= 15 is 0 Å². The normalized spacial score (nSPS) is 21.1. The fraction of sp³-hybridized carbons (Fsp3) is 0.591. The van der Waals surface area contributed by atoms with Crippen molar-refractivity contribution in [2.45, 2.75) is 45.2 Å². The smallest absolute Gasteiger partial charge is 0.241 e. The van der Waals surface area contributed by atoms with Crippen molar-refractivity contribution in [2.24, 2.45) is 0 Å². The Kier molecular flexibility index (Phi) is 7.02. The molecule has 1 amide bonds. The zero-order valence-corrected chi connectivity index (χ0v) is 18.4. The molecule has 8 heteroatoms. The molecule has 0 saturated carbocycles. The van der Waals surface area contributed by atoms with E-state index in [1.165, 1.54) is 6.42 Å². The van der Waals surface area contributed by atoms with Gasteiger partial charge in [0.05, 0.1) is 12.6 Å². The zero-order valence-electron chi connectivity index (χ0n) is 17.6. The summed E-state index contributed by atoms with van der Waals surface area (Å²) in [5.74, 6) is 1.48. The summed E-state index contributed by atoms with van der Waals surface area (Å²) in [6.45, 7) is 8.02. The minimum Gasteiger partial charge on any atom is -0.339 e. The van der Waals surface area contributed by atoms with E-state index < -0.39 is 0 Å². The molecule has 0 bridgehead atoms. The maximum absolute atomic E-state index is 13.1. The summed E-state index contributed by atoms with van der Waals surface area (Å²) in [5.41, 5.74) is 0.883. The lowest BCUT2D eigenvalue weighted by atomic mass is 10.00. The molecule has 30 heavy (non-hydrogen) atoms. The molecule has 0 radical (unpaired) electrons. The number of piperidine rings is 1. The van der Waals surface area contributed by atoms with E-state index in [0.29, 0.717) is 29.2 Å². The average Bonchev–Trinajstić information content (AvgIpc) is 3.23. The molecular weight excluding hydrogens is 402 g/mol. The van der Waals surface area contributed by atoms with Crippen molar-refractivity contribution in [2.75, 3.05) is 39.3 Å². The van der Waals surface area contributed by atoms with Crippen LogP contribution in [0, 0.1) is 0 Å². The first kappa shape index (κ1) is 21.3. The van der Waals surface area contributed by atoms with Crippen LogP contribution < -0.4 is 0 Å². The standard InChI is InChI=1S/C22H30ClN5O2/c1-2-10-27-11-4-3-5-19(27)22(29)28-14-12-26(13-15-28)16-20-24-21(25-30-20)17-6-8-18(23)9-7-17/h6-9,19H,2-5,10-16H2,1H3. The molecule has 1 aromatic carbocycles. The molecule has 1 atom stereocenters. The second-order valence-electron chi connectivity index (χ2n) is 8.17. The van der Waals surface area contributed by atoms with E-state index in [1.54, 1.807) is 0 Å². The topological polar surface area (TPSA) is 65.7 Å². The number of hydrogen-bond donors (Lipinski definition) is 0. The van der Waals surface area contributed by atoms with E-state index in [0.717, 1.165) is 64.1 Å². The third kappa shape index (κ3) is 5.02. The highest BCUT2D eigenvalue weighted by Crippen LogP contribution is 2.21. The van der Waals surface area contributed by atoms with Crippen molar-refractivity contribution in [1.29, 1.82) is 0 Å². The number of amides is 1. The van der Waals surface area contributed by atoms with Crippen molar-refractivity contribution in [1.82, 2.24) is 24.8 Å². The van der Waals surface area contributed by atoms with Crippen LogP contribution in [-0.4, -0.2) is 76.1 Å². The number of nitrogens with zero attached hydrogens (tertiary/aromatic N) is 5. The number of benzene rings is 1. The first-order valence-corrected chi connectivity index (χ1v) is 11.4. The molecule has 0 N–H and O–H groups in total. The van der Waals surface area contributed by atoms with Crippen molar-refractivity contribution in [3.05, 3.63) is 35.2 Å². The molecule has 2 aliphatic rings. The van der Waals surface area contributed by atoms with Crippen LogP contribution in [0.5, 0.6) is 0 Å². The van der Waals surface area contributed by atoms with Gasteiger partial charge in [-0.1, -0.05) is 30.1 Å². The van der Waals surface area contributed by atoms with E-state index in [2.05, 4.69) is 26.9 Å². The molecule has 1 unspecified atom stereocenters. The molecule has 2 aliphatic heterocycles. The molecule has 2 aromatic rings. The zero-order chi connectivity index (χ0) is 20.9. The number of likely N-dealkylation sites (tertiary alicyclic amines) is 1. The molecule has 162 valence electrons. The van der Waals surface area contributed by atoms with Gasteiger partial charge >= 0.3 is 0 Å². The lowest BCUT2D eigenvalue weighted by Gasteiger charge is -2.40. The minimum absolute atomic E-state index is 0.0723. The largest absolute Gasteiger partial charge is 0.339 e. The van der Waals surface area contributed by atoms with Crippen LogP contribution in [-0.2, 0) is 11.3 Å². The first-order valence-electron chi connectivity index (χ1n) is 11.0. The summed E-state index contributed by atoms with van der Waals surface area (Å²) in [4.78, 5) is 24.3. The number of hydrogen-bond acceptors (Lipinski definition) is 6. The summed E-state index contributed by atoms with van der Waals surface area (Å²) < 4.78 is 5.44. The van der Waals surface area contributed by atoms with Gasteiger partial charge in [-0.3, -0.25) is 14.6 Å². The van der Waals surface area contributed by atoms with Gasteiger partial charge in [0.1, 0.15) is 0 Å². The number of halogens is 1. The van der Waals surface area contributed by atoms with Crippen molar-refractivity contribution in [3.63, 3.8) is 0 Å². The molecule has 2 fully saturated rings. The van der Waals surface area contributed by atoms with Gasteiger partial charge in [-0.2, -0.15) is 4.98 Å². The maximum Gasteiger partial charge on any atom is 0.241 e. The number of rotatable bonds is 6. The fourth-order valence-corrected chi connectivity index (χ4v) is 4.52. The van der Waals surface area contributed by atoms with Crippen molar-refractivity contribution >= 4 is 17.5 Å². The van der Waals surface area contributed by atoms with E-state index in [9.17, 15) is 4.79 Å². The Labute approximate surface area is 183 Å². The van der Waals surface area contributed by atoms with Gasteiger partial charge in [-0.15, -0.1) is 0 Å². The van der Waals surface area contributed by atoms with E-state index in [4.69, 9.17) is 16.1 Å². The van der Waals surface area contributed by atoms with Crippen LogP contribution >= 0.6 is 11.6 Å². The third-order valence-electron chi connectivity index (χ3n) is 6.02. The van der Waals surface area contributed by atoms with Gasteiger partial charge in [-0.05, 0) is 56.6 Å². The van der Waals surface area contributed by atoms with Crippen LogP contribution in [0.25, 0.3) is 11.4 Å². The SMILES string of the molecule is CCCN1CCCCC1C(=O)N1CCN(Cc2nc(-c3ccc(Cl)cc3)no2)CC1. The third-order valence-corrected chi connectivity index (χ3v) is 6.27. The molecule has 0 spiro atoms. The summed E-state index contributed by atoms with van der Waals surface area (Å²) >= 11 is 5.94. The number of carbonyl (C=O) groups excluding carboxylic acids is 1. The van der Waals surface area contributed by atoms with Crippen molar-refractivity contribution < 1.29 is 9.32 Å². The van der Waals surface area contributed by atoms with Gasteiger partial charge in [0.25, 0.3) is 0 Å². The second-order valence-corrected chi connectivity index (χ2v) is 8.60. The quantitative estimate of drug-likeness (QED) is 0.699. The van der Waals surface area contributed by atoms with Gasteiger partial charge in [0.15, 0.2) is 0 Å². The van der Waals surface area contributed by atoms with Crippen molar-refractivity contribution in [3.8, 4) is 11.4 Å². The Balaban J connectivity index is 1.29. The Morgan fingerprint density at radius 1 is 1.13 bits per heavy atom. The lowest BCUT2D eigenvalue weighted by molar-refractivity contribution is -0.140. The highest BCUT2D eigenvalue weighted by atomic mass is 35.5. The van der Waals surface area contributed by atoms with Gasteiger partial charge in [-0.25, -0.2) is 0 Å². The van der Waals surface area contributed by atoms with Crippen LogP contribution in [0.4, 0.5) is 0 Å². The predicted molar refractivity (Wildman–Crippen MR) is 116 cm³/mol. The Morgan fingerprint density at radius 3 is 2.63 bits per heavy atom. The number of piperazine rings is 1. The Bertz CT molecular complexity index is 830. The van der Waals surface area contributed by atoms with Crippen LogP contribution in [0.3, 0.4) is 0 Å².